The summed E-state index contributed by atoms with van der Waals surface area (Å²) in [6.07, 6.45) is 2.10. The molecule has 162 valence electrons. The molecule has 0 N–H and O–H groups in total. The maximum atomic E-state index is 6.16. The molecule has 33 heavy (non-hydrogen) atoms. The maximum absolute atomic E-state index is 6.16. The molecule has 1 aromatic heterocycles. The molecule has 0 saturated carbocycles. The highest BCUT2D eigenvalue weighted by Crippen LogP contribution is 2.43. The minimum Gasteiger partial charge on any atom is -0.454 e. The predicted molar refractivity (Wildman–Crippen MR) is 123 cm³/mol. The van der Waals surface area contributed by atoms with Crippen LogP contribution in [0, 0.1) is 0 Å². The van der Waals surface area contributed by atoms with Crippen LogP contribution in [-0.4, -0.2) is 13.6 Å². The van der Waals surface area contributed by atoms with E-state index in [1.54, 1.807) is 0 Å². The molecule has 4 aromatic carbocycles. The van der Waals surface area contributed by atoms with Crippen molar-refractivity contribution in [2.75, 3.05) is 13.6 Å². The summed E-state index contributed by atoms with van der Waals surface area (Å²) < 4.78 is 31.0. The summed E-state index contributed by atoms with van der Waals surface area (Å²) in [6.45, 7) is 1.39. The Hall–Kier alpha value is -4.03. The van der Waals surface area contributed by atoms with Gasteiger partial charge < -0.3 is 23.7 Å². The summed E-state index contributed by atoms with van der Waals surface area (Å²) in [7, 11) is 0. The molecule has 0 saturated heterocycles. The van der Waals surface area contributed by atoms with Gasteiger partial charge in [-0.05, 0) is 41.3 Å². The first-order chi connectivity index (χ1) is 16.3. The molecule has 0 spiro atoms. The second-order valence-electron chi connectivity index (χ2n) is 8.21. The molecule has 0 radical (unpaired) electrons. The molecule has 0 aliphatic carbocycles. The fourth-order valence-corrected chi connectivity index (χ4v) is 4.74. The number of hydrogen-bond donors (Lipinski definition) is 0. The van der Waals surface area contributed by atoms with Crippen molar-refractivity contribution in [3.8, 4) is 23.0 Å². The summed E-state index contributed by atoms with van der Waals surface area (Å²) in [5, 5.41) is 5.39. The van der Waals surface area contributed by atoms with Crippen molar-refractivity contribution in [3.05, 3.63) is 78.5 Å². The highest BCUT2D eigenvalue weighted by Gasteiger charge is 2.25. The lowest BCUT2D eigenvalue weighted by molar-refractivity contribution is -0.708. The van der Waals surface area contributed by atoms with E-state index < -0.39 is 0 Å². The van der Waals surface area contributed by atoms with Crippen LogP contribution >= 0.6 is 0 Å². The monoisotopic (exact) mass is 438 g/mol. The molecule has 5 aromatic rings. The second kappa shape index (κ2) is 7.25. The number of nitrogens with zero attached hydrogens (tertiary/aromatic N) is 1. The molecule has 0 unspecified atom stereocenters. The van der Waals surface area contributed by atoms with Gasteiger partial charge in [0.15, 0.2) is 29.2 Å². The number of fused-ring (bicyclic) bond motifs is 8. The van der Waals surface area contributed by atoms with Gasteiger partial charge in [0, 0.05) is 5.39 Å². The number of hydrogen-bond acceptors (Lipinski definition) is 5. The van der Waals surface area contributed by atoms with E-state index in [1.807, 2.05) is 30.3 Å². The van der Waals surface area contributed by atoms with E-state index in [9.17, 15) is 0 Å². The van der Waals surface area contributed by atoms with E-state index in [2.05, 4.69) is 47.2 Å². The summed E-state index contributed by atoms with van der Waals surface area (Å²) in [6, 6.07) is 22.6. The van der Waals surface area contributed by atoms with Crippen LogP contribution in [0.2, 0.25) is 0 Å². The predicted octanol–water partition coefficient (Wildman–Crippen LogP) is 5.07. The Labute approximate surface area is 189 Å². The molecule has 0 bridgehead atoms. The first kappa shape index (κ1) is 18.5. The number of aromatic nitrogens is 1. The van der Waals surface area contributed by atoms with E-state index in [-0.39, 0.29) is 13.6 Å². The third-order valence-corrected chi connectivity index (χ3v) is 6.27. The van der Waals surface area contributed by atoms with Crippen molar-refractivity contribution < 1.29 is 28.3 Å². The van der Waals surface area contributed by atoms with Gasteiger partial charge in [-0.1, -0.05) is 36.4 Å². The molecule has 2 aliphatic rings. The average Bonchev–Trinajstić information content (AvgIpc) is 3.52. The van der Waals surface area contributed by atoms with Crippen LogP contribution in [0.5, 0.6) is 23.0 Å². The van der Waals surface area contributed by atoms with Gasteiger partial charge in [-0.15, -0.1) is 0 Å². The minimum absolute atomic E-state index is 0.234. The van der Waals surface area contributed by atoms with Crippen LogP contribution in [0.1, 0.15) is 5.56 Å². The van der Waals surface area contributed by atoms with Crippen LogP contribution < -0.4 is 23.5 Å². The number of ether oxygens (including phenoxy) is 5. The van der Waals surface area contributed by atoms with Gasteiger partial charge in [0.05, 0.1) is 22.8 Å². The Balaban J connectivity index is 1.44. The van der Waals surface area contributed by atoms with Gasteiger partial charge in [0.2, 0.25) is 19.1 Å². The Kier molecular flexibility index (Phi) is 4.07. The van der Waals surface area contributed by atoms with E-state index >= 15 is 0 Å². The smallest absolute Gasteiger partial charge is 0.253 e. The van der Waals surface area contributed by atoms with Crippen LogP contribution in [0.3, 0.4) is 0 Å². The molecular formula is C27H20NO5+. The highest BCUT2D eigenvalue weighted by atomic mass is 16.7. The molecule has 6 nitrogen and oxygen atoms in total. The third-order valence-electron chi connectivity index (χ3n) is 6.27. The Morgan fingerprint density at radius 2 is 1.48 bits per heavy atom. The average molecular weight is 438 g/mol. The van der Waals surface area contributed by atoms with E-state index in [0.717, 1.165) is 61.0 Å². The van der Waals surface area contributed by atoms with Gasteiger partial charge >= 0.3 is 0 Å². The van der Waals surface area contributed by atoms with Gasteiger partial charge in [0.1, 0.15) is 0 Å². The van der Waals surface area contributed by atoms with Crippen molar-refractivity contribution in [1.82, 2.24) is 0 Å². The van der Waals surface area contributed by atoms with Gasteiger partial charge in [-0.25, -0.2) is 0 Å². The molecule has 3 heterocycles. The first-order valence-corrected chi connectivity index (χ1v) is 10.9. The minimum atomic E-state index is 0.234. The molecular weight excluding hydrogens is 418 g/mol. The summed E-state index contributed by atoms with van der Waals surface area (Å²) in [5.74, 6) is 3.08. The zero-order valence-corrected chi connectivity index (χ0v) is 17.7. The SMILES string of the molecule is c1ccc(COC[n+]2cc3c4c(ccc3c3ccc5cc6c(cc5c32)OCO6)OCO4)cc1. The van der Waals surface area contributed by atoms with Crippen LogP contribution in [0.4, 0.5) is 0 Å². The summed E-state index contributed by atoms with van der Waals surface area (Å²) >= 11 is 0. The van der Waals surface area contributed by atoms with Gasteiger partial charge in [-0.3, -0.25) is 0 Å². The van der Waals surface area contributed by atoms with Crippen LogP contribution in [0.25, 0.3) is 32.4 Å². The summed E-state index contributed by atoms with van der Waals surface area (Å²) in [5.41, 5.74) is 2.21. The van der Waals surface area contributed by atoms with Crippen molar-refractivity contribution in [2.45, 2.75) is 13.3 Å². The van der Waals surface area contributed by atoms with Crippen molar-refractivity contribution >= 4 is 32.4 Å². The number of rotatable bonds is 4. The molecule has 0 amide bonds. The van der Waals surface area contributed by atoms with Crippen molar-refractivity contribution in [1.29, 1.82) is 0 Å². The standard InChI is InChI=1S/C27H20NO5/c1-2-4-17(5-3-1)13-29-14-28-12-22-19(8-9-23-27(22)33-16-30-23)20-7-6-18-10-24-25(32-15-31-24)11-21(18)26(20)28/h1-12H,13-16H2/q+1. The lowest BCUT2D eigenvalue weighted by Gasteiger charge is -2.11. The quantitative estimate of drug-likeness (QED) is 0.290. The Bertz CT molecular complexity index is 1550. The van der Waals surface area contributed by atoms with E-state index in [4.69, 9.17) is 23.7 Å². The van der Waals surface area contributed by atoms with E-state index in [0.29, 0.717) is 13.3 Å². The van der Waals surface area contributed by atoms with Gasteiger partial charge in [-0.2, -0.15) is 4.57 Å². The summed E-state index contributed by atoms with van der Waals surface area (Å²) in [4.78, 5) is 0. The zero-order valence-electron chi connectivity index (χ0n) is 17.7. The largest absolute Gasteiger partial charge is 0.454 e. The third kappa shape index (κ3) is 2.95. The molecule has 0 fully saturated rings. The van der Waals surface area contributed by atoms with E-state index in [1.165, 1.54) is 0 Å². The lowest BCUT2D eigenvalue weighted by Crippen LogP contribution is -2.36. The maximum Gasteiger partial charge on any atom is 0.253 e. The molecule has 6 heteroatoms. The zero-order chi connectivity index (χ0) is 21.8. The van der Waals surface area contributed by atoms with Crippen molar-refractivity contribution in [3.63, 3.8) is 0 Å². The fraction of sp³-hybridized carbons (Fsp3) is 0.148. The number of pyridine rings is 1. The van der Waals surface area contributed by atoms with Crippen LogP contribution in [0.15, 0.2) is 72.9 Å². The van der Waals surface area contributed by atoms with Gasteiger partial charge in [0.25, 0.3) is 6.73 Å². The topological polar surface area (TPSA) is 50.0 Å². The highest BCUT2D eigenvalue weighted by molar-refractivity contribution is 6.15. The number of benzene rings is 4. The molecule has 2 aliphatic heterocycles. The van der Waals surface area contributed by atoms with Crippen LogP contribution in [-0.2, 0) is 18.1 Å². The molecule has 0 atom stereocenters. The molecule has 7 rings (SSSR count). The van der Waals surface area contributed by atoms with Crippen molar-refractivity contribution in [2.24, 2.45) is 0 Å². The first-order valence-electron chi connectivity index (χ1n) is 10.9. The lowest BCUT2D eigenvalue weighted by atomic mass is 10.00. The Morgan fingerprint density at radius 1 is 0.697 bits per heavy atom. The fourth-order valence-electron chi connectivity index (χ4n) is 4.74. The second-order valence-corrected chi connectivity index (χ2v) is 8.21. The normalized spacial score (nSPS) is 13.9. The Morgan fingerprint density at radius 3 is 2.39 bits per heavy atom.